The summed E-state index contributed by atoms with van der Waals surface area (Å²) in [6, 6.07) is 8.38. The number of benzene rings is 1. The monoisotopic (exact) mass is 540 g/mol. The van der Waals surface area contributed by atoms with Crippen LogP contribution < -0.4 is 5.32 Å². The van der Waals surface area contributed by atoms with Crippen molar-refractivity contribution in [2.75, 3.05) is 52.4 Å². The largest absolute Gasteiger partial charge is 0.444 e. The van der Waals surface area contributed by atoms with Gasteiger partial charge in [-0.25, -0.2) is 9.59 Å². The van der Waals surface area contributed by atoms with E-state index < -0.39 is 5.60 Å². The zero-order valence-electron chi connectivity index (χ0n) is 21.5. The number of ether oxygens (including phenoxy) is 2. The Morgan fingerprint density at radius 2 is 1.24 bits per heavy atom. The quantitative estimate of drug-likeness (QED) is 0.601. The summed E-state index contributed by atoms with van der Waals surface area (Å²) in [5.74, 6) is 0. The van der Waals surface area contributed by atoms with E-state index in [0.717, 1.165) is 63.4 Å². The number of nitrogens with one attached hydrogen (secondary N) is 1. The third-order valence-electron chi connectivity index (χ3n) is 5.11. The highest BCUT2D eigenvalue weighted by molar-refractivity contribution is 9.10. The van der Waals surface area contributed by atoms with Crippen LogP contribution in [0.3, 0.4) is 0 Å². The minimum atomic E-state index is -0.425. The molecule has 0 saturated carbocycles. The van der Waals surface area contributed by atoms with Crippen molar-refractivity contribution >= 4 is 28.1 Å². The van der Waals surface area contributed by atoms with Crippen LogP contribution in [0, 0.1) is 0 Å². The molecule has 2 aliphatic heterocycles. The molecule has 0 bridgehead atoms. The Balaban J connectivity index is 0.000000270. The van der Waals surface area contributed by atoms with Crippen molar-refractivity contribution in [2.45, 2.75) is 59.3 Å². The molecule has 2 amide bonds. The first kappa shape index (κ1) is 28.4. The molecule has 0 aliphatic carbocycles. The lowest BCUT2D eigenvalue weighted by Crippen LogP contribution is -2.49. The molecule has 0 spiro atoms. The van der Waals surface area contributed by atoms with Crippen LogP contribution in [0.4, 0.5) is 9.59 Å². The third kappa shape index (κ3) is 11.1. The first-order valence-corrected chi connectivity index (χ1v) is 12.7. The van der Waals surface area contributed by atoms with Crippen LogP contribution in [-0.4, -0.2) is 90.4 Å². The maximum Gasteiger partial charge on any atom is 0.410 e. The molecule has 2 aliphatic rings. The summed E-state index contributed by atoms with van der Waals surface area (Å²) >= 11 is 3.45. The summed E-state index contributed by atoms with van der Waals surface area (Å²) in [6.45, 7) is 18.7. The van der Waals surface area contributed by atoms with Gasteiger partial charge in [0.25, 0.3) is 0 Å². The lowest BCUT2D eigenvalue weighted by molar-refractivity contribution is 0.0138. The highest BCUT2D eigenvalue weighted by Gasteiger charge is 2.26. The van der Waals surface area contributed by atoms with E-state index in [9.17, 15) is 9.59 Å². The van der Waals surface area contributed by atoms with E-state index in [1.807, 2.05) is 41.5 Å². The number of rotatable bonds is 2. The highest BCUT2D eigenvalue weighted by Crippen LogP contribution is 2.15. The fourth-order valence-corrected chi connectivity index (χ4v) is 3.70. The van der Waals surface area contributed by atoms with Crippen molar-refractivity contribution in [3.8, 4) is 0 Å². The fraction of sp³-hybridized carbons (Fsp3) is 0.680. The van der Waals surface area contributed by atoms with Gasteiger partial charge in [0.05, 0.1) is 0 Å². The number of carbonyl (C=O) groups excluding carboxylic acids is 2. The van der Waals surface area contributed by atoms with Crippen molar-refractivity contribution in [1.29, 1.82) is 0 Å². The van der Waals surface area contributed by atoms with E-state index in [-0.39, 0.29) is 17.8 Å². The van der Waals surface area contributed by atoms with Crippen molar-refractivity contribution in [3.05, 3.63) is 34.3 Å². The number of halogens is 1. The van der Waals surface area contributed by atoms with Crippen LogP contribution in [0.15, 0.2) is 28.7 Å². The van der Waals surface area contributed by atoms with Crippen molar-refractivity contribution in [3.63, 3.8) is 0 Å². The average Bonchev–Trinajstić information content (AvgIpc) is 2.75. The summed E-state index contributed by atoms with van der Waals surface area (Å²) in [7, 11) is 0. The number of piperazine rings is 2. The van der Waals surface area contributed by atoms with Crippen LogP contribution in [0.25, 0.3) is 0 Å². The second-order valence-corrected chi connectivity index (χ2v) is 11.5. The average molecular weight is 542 g/mol. The van der Waals surface area contributed by atoms with Crippen LogP contribution >= 0.6 is 15.9 Å². The Labute approximate surface area is 213 Å². The van der Waals surface area contributed by atoms with Gasteiger partial charge in [0.15, 0.2) is 0 Å². The standard InChI is InChI=1S/C16H23BrN2O2.C9H18N2O2/c1-16(2,3)21-15(20)19-10-8-18(9-11-19)12-13-4-6-14(17)7-5-13;1-9(2,3)13-8(12)11-6-4-10-5-7-11/h4-7H,8-12H2,1-3H3;10H,4-7H2,1-3H3. The van der Waals surface area contributed by atoms with E-state index in [0.29, 0.717) is 0 Å². The van der Waals surface area contributed by atoms with Crippen LogP contribution in [0.1, 0.15) is 47.1 Å². The Morgan fingerprint density at radius 3 is 1.68 bits per heavy atom. The molecular formula is C25H41BrN4O4. The molecule has 0 atom stereocenters. The first-order chi connectivity index (χ1) is 15.8. The summed E-state index contributed by atoms with van der Waals surface area (Å²) < 4.78 is 11.7. The minimum absolute atomic E-state index is 0.200. The molecule has 8 nitrogen and oxygen atoms in total. The van der Waals surface area contributed by atoms with Crippen molar-refractivity contribution in [2.24, 2.45) is 0 Å². The highest BCUT2D eigenvalue weighted by atomic mass is 79.9. The fourth-order valence-electron chi connectivity index (χ4n) is 3.44. The molecule has 1 N–H and O–H groups in total. The van der Waals surface area contributed by atoms with E-state index in [1.165, 1.54) is 5.56 Å². The molecule has 1 aromatic carbocycles. The summed E-state index contributed by atoms with van der Waals surface area (Å²) in [5, 5.41) is 3.18. The molecule has 0 radical (unpaired) electrons. The lowest BCUT2D eigenvalue weighted by atomic mass is 10.2. The molecule has 192 valence electrons. The smallest absolute Gasteiger partial charge is 0.410 e. The molecule has 9 heteroatoms. The van der Waals surface area contributed by atoms with Crippen LogP contribution in [0.2, 0.25) is 0 Å². The summed E-state index contributed by atoms with van der Waals surface area (Å²) in [5.41, 5.74) is 0.483. The number of carbonyl (C=O) groups is 2. The maximum atomic E-state index is 12.0. The van der Waals surface area contributed by atoms with E-state index >= 15 is 0 Å². The first-order valence-electron chi connectivity index (χ1n) is 12.0. The molecule has 0 aromatic heterocycles. The van der Waals surface area contributed by atoms with Gasteiger partial charge in [-0.1, -0.05) is 28.1 Å². The Hall–Kier alpha value is -1.84. The maximum absolute atomic E-state index is 12.0. The van der Waals surface area contributed by atoms with Gasteiger partial charge in [-0.2, -0.15) is 0 Å². The molecular weight excluding hydrogens is 500 g/mol. The topological polar surface area (TPSA) is 74.4 Å². The SMILES string of the molecule is CC(C)(C)OC(=O)N1CCN(Cc2ccc(Br)cc2)CC1.CC(C)(C)OC(=O)N1CCNCC1. The normalized spacial score (nSPS) is 17.5. The number of nitrogens with zero attached hydrogens (tertiary/aromatic N) is 3. The molecule has 2 saturated heterocycles. The molecule has 3 rings (SSSR count). The van der Waals surface area contributed by atoms with Crippen LogP contribution in [0.5, 0.6) is 0 Å². The number of hydrogen-bond acceptors (Lipinski definition) is 6. The van der Waals surface area contributed by atoms with E-state index in [2.05, 4.69) is 50.4 Å². The predicted octanol–water partition coefficient (Wildman–Crippen LogP) is 4.33. The van der Waals surface area contributed by atoms with Gasteiger partial charge >= 0.3 is 12.2 Å². The Kier molecular flexibility index (Phi) is 10.6. The lowest BCUT2D eigenvalue weighted by Gasteiger charge is -2.35. The molecule has 0 unspecified atom stereocenters. The molecule has 1 aromatic rings. The third-order valence-corrected chi connectivity index (χ3v) is 5.64. The molecule has 34 heavy (non-hydrogen) atoms. The second-order valence-electron chi connectivity index (χ2n) is 10.6. The predicted molar refractivity (Wildman–Crippen MR) is 138 cm³/mol. The van der Waals surface area contributed by atoms with E-state index in [4.69, 9.17) is 9.47 Å². The molecule has 2 fully saturated rings. The van der Waals surface area contributed by atoms with Crippen molar-refractivity contribution in [1.82, 2.24) is 20.0 Å². The van der Waals surface area contributed by atoms with Gasteiger partial charge in [-0.3, -0.25) is 4.90 Å². The van der Waals surface area contributed by atoms with Gasteiger partial charge in [0, 0.05) is 63.4 Å². The zero-order valence-corrected chi connectivity index (χ0v) is 23.1. The summed E-state index contributed by atoms with van der Waals surface area (Å²) in [6.07, 6.45) is -0.403. The van der Waals surface area contributed by atoms with Gasteiger partial charge in [-0.05, 0) is 59.2 Å². The van der Waals surface area contributed by atoms with Crippen LogP contribution in [-0.2, 0) is 16.0 Å². The summed E-state index contributed by atoms with van der Waals surface area (Å²) in [4.78, 5) is 29.4. The second kappa shape index (κ2) is 12.7. The van der Waals surface area contributed by atoms with Gasteiger partial charge in [0.2, 0.25) is 0 Å². The van der Waals surface area contributed by atoms with Gasteiger partial charge in [0.1, 0.15) is 11.2 Å². The number of amides is 2. The Morgan fingerprint density at radius 1 is 0.794 bits per heavy atom. The van der Waals surface area contributed by atoms with Gasteiger partial charge < -0.3 is 24.6 Å². The molecule has 2 heterocycles. The van der Waals surface area contributed by atoms with Crippen molar-refractivity contribution < 1.29 is 19.1 Å². The van der Waals surface area contributed by atoms with Gasteiger partial charge in [-0.15, -0.1) is 0 Å². The Bertz CT molecular complexity index is 776. The van der Waals surface area contributed by atoms with E-state index in [1.54, 1.807) is 9.80 Å². The minimum Gasteiger partial charge on any atom is -0.444 e. The number of hydrogen-bond donors (Lipinski definition) is 1. The zero-order chi connectivity index (χ0) is 25.4.